The average Bonchev–Trinajstić information content (AvgIpc) is 2.23. The number of nitrogens with two attached hydrogens (primary N) is 1. The van der Waals surface area contributed by atoms with Crippen molar-refractivity contribution in [3.8, 4) is 0 Å². The Morgan fingerprint density at radius 2 is 2.23 bits per heavy atom. The second kappa shape index (κ2) is 9.49. The van der Waals surface area contributed by atoms with E-state index < -0.39 is 0 Å². The second-order valence-electron chi connectivity index (χ2n) is 2.72. The van der Waals surface area contributed by atoms with E-state index in [1.807, 2.05) is 13.8 Å². The zero-order valence-electron chi connectivity index (χ0n) is 8.84. The van der Waals surface area contributed by atoms with E-state index in [-0.39, 0.29) is 1.43 Å². The van der Waals surface area contributed by atoms with Gasteiger partial charge in [0.25, 0.3) is 0 Å². The number of hydrogen-bond donors (Lipinski definition) is 2. The van der Waals surface area contributed by atoms with E-state index in [9.17, 15) is 0 Å². The van der Waals surface area contributed by atoms with Gasteiger partial charge in [-0.3, -0.25) is 0 Å². The highest BCUT2D eigenvalue weighted by Crippen LogP contribution is 2.07. The molecule has 0 atom stereocenters. The van der Waals surface area contributed by atoms with Crippen LogP contribution in [0.2, 0.25) is 0 Å². The van der Waals surface area contributed by atoms with Crippen LogP contribution in [0.25, 0.3) is 0 Å². The van der Waals surface area contributed by atoms with E-state index in [0.29, 0.717) is 0 Å². The molecule has 1 aliphatic rings. The smallest absolute Gasteiger partial charge is 0.0202 e. The molecule has 78 valence electrons. The quantitative estimate of drug-likeness (QED) is 0.657. The van der Waals surface area contributed by atoms with Gasteiger partial charge >= 0.3 is 0 Å². The summed E-state index contributed by atoms with van der Waals surface area (Å²) in [6.45, 7) is 6.59. The molecule has 2 heteroatoms. The van der Waals surface area contributed by atoms with Gasteiger partial charge in [-0.05, 0) is 18.4 Å². The Morgan fingerprint density at radius 1 is 1.46 bits per heavy atom. The summed E-state index contributed by atoms with van der Waals surface area (Å²) < 4.78 is 0. The molecule has 0 heterocycles. The van der Waals surface area contributed by atoms with Crippen LogP contribution in [0.3, 0.4) is 0 Å². The Hall–Kier alpha value is -0.600. The molecular formula is C11H24N2. The molecule has 0 saturated carbocycles. The van der Waals surface area contributed by atoms with Crippen molar-refractivity contribution >= 4 is 0 Å². The van der Waals surface area contributed by atoms with Crippen molar-refractivity contribution in [2.45, 2.75) is 26.7 Å². The SMILES string of the molecule is CC.NCCNCC1=CCCC=C1.[HH]. The van der Waals surface area contributed by atoms with Crippen LogP contribution in [0.1, 0.15) is 28.1 Å². The number of rotatable bonds is 4. The van der Waals surface area contributed by atoms with Crippen molar-refractivity contribution in [1.82, 2.24) is 5.32 Å². The van der Waals surface area contributed by atoms with Gasteiger partial charge in [0.05, 0.1) is 0 Å². The van der Waals surface area contributed by atoms with Crippen molar-refractivity contribution < 1.29 is 1.43 Å². The lowest BCUT2D eigenvalue weighted by Crippen LogP contribution is -2.24. The van der Waals surface area contributed by atoms with Crippen LogP contribution in [0.4, 0.5) is 0 Å². The molecule has 0 aromatic rings. The fraction of sp³-hybridized carbons (Fsp3) is 0.636. The largest absolute Gasteiger partial charge is 0.329 e. The van der Waals surface area contributed by atoms with Crippen molar-refractivity contribution in [3.63, 3.8) is 0 Å². The molecule has 0 amide bonds. The lowest BCUT2D eigenvalue weighted by atomic mass is 10.1. The fourth-order valence-electron chi connectivity index (χ4n) is 1.13. The predicted molar refractivity (Wildman–Crippen MR) is 61.8 cm³/mol. The highest BCUT2D eigenvalue weighted by Gasteiger charge is 1.94. The summed E-state index contributed by atoms with van der Waals surface area (Å²) in [4.78, 5) is 0. The Kier molecular flexibility index (Phi) is 9.05. The van der Waals surface area contributed by atoms with Crippen molar-refractivity contribution in [2.24, 2.45) is 5.73 Å². The number of allylic oxidation sites excluding steroid dienone is 2. The molecule has 2 nitrogen and oxygen atoms in total. The summed E-state index contributed by atoms with van der Waals surface area (Å²) in [6.07, 6.45) is 9.08. The summed E-state index contributed by atoms with van der Waals surface area (Å²) in [5, 5.41) is 3.26. The van der Waals surface area contributed by atoms with E-state index in [1.165, 1.54) is 18.4 Å². The van der Waals surface area contributed by atoms with Crippen molar-refractivity contribution in [2.75, 3.05) is 19.6 Å². The molecular weight excluding hydrogens is 160 g/mol. The standard InChI is InChI=1S/C9H16N2.C2H6.H2/c10-6-7-11-8-9-4-2-1-3-5-9;1-2;/h2,4-5,11H,1,3,6-8,10H2;1-2H3;1H. The third kappa shape index (κ3) is 6.55. The second-order valence-corrected chi connectivity index (χ2v) is 2.72. The summed E-state index contributed by atoms with van der Waals surface area (Å²) >= 11 is 0. The maximum Gasteiger partial charge on any atom is 0.0202 e. The minimum Gasteiger partial charge on any atom is -0.329 e. The molecule has 13 heavy (non-hydrogen) atoms. The minimum absolute atomic E-state index is 0. The van der Waals surface area contributed by atoms with Crippen LogP contribution in [0, 0.1) is 0 Å². The lowest BCUT2D eigenvalue weighted by molar-refractivity contribution is 0.738. The molecule has 1 aliphatic carbocycles. The van der Waals surface area contributed by atoms with Gasteiger partial charge in [-0.25, -0.2) is 0 Å². The molecule has 0 aromatic carbocycles. The molecule has 0 fully saturated rings. The van der Waals surface area contributed by atoms with E-state index >= 15 is 0 Å². The van der Waals surface area contributed by atoms with Crippen LogP contribution >= 0.6 is 0 Å². The van der Waals surface area contributed by atoms with Gasteiger partial charge in [0.2, 0.25) is 0 Å². The molecule has 0 aliphatic heterocycles. The van der Waals surface area contributed by atoms with E-state index in [4.69, 9.17) is 5.73 Å². The summed E-state index contributed by atoms with van der Waals surface area (Å²) in [6, 6.07) is 0. The Labute approximate surface area is 83.4 Å². The molecule has 0 radical (unpaired) electrons. The topological polar surface area (TPSA) is 38.0 Å². The average molecular weight is 184 g/mol. The zero-order chi connectivity index (χ0) is 9.94. The van der Waals surface area contributed by atoms with Gasteiger partial charge in [-0.15, -0.1) is 0 Å². The van der Waals surface area contributed by atoms with Gasteiger partial charge in [0.15, 0.2) is 0 Å². The van der Waals surface area contributed by atoms with Gasteiger partial charge < -0.3 is 11.1 Å². The monoisotopic (exact) mass is 184 g/mol. The molecule has 0 spiro atoms. The number of hydrogen-bond acceptors (Lipinski definition) is 2. The van der Waals surface area contributed by atoms with E-state index in [2.05, 4.69) is 23.5 Å². The Balaban J connectivity index is 0. The summed E-state index contributed by atoms with van der Waals surface area (Å²) in [7, 11) is 0. The summed E-state index contributed by atoms with van der Waals surface area (Å²) in [5.41, 5.74) is 6.74. The highest BCUT2D eigenvalue weighted by atomic mass is 14.9. The van der Waals surface area contributed by atoms with Gasteiger partial charge in [-0.2, -0.15) is 0 Å². The van der Waals surface area contributed by atoms with Crippen LogP contribution < -0.4 is 11.1 Å². The van der Waals surface area contributed by atoms with E-state index in [0.717, 1.165) is 19.6 Å². The molecule has 0 aromatic heterocycles. The predicted octanol–water partition coefficient (Wildman–Crippen LogP) is 2.08. The Morgan fingerprint density at radius 3 is 2.77 bits per heavy atom. The third-order valence-corrected chi connectivity index (χ3v) is 1.72. The first-order valence-electron chi connectivity index (χ1n) is 5.20. The van der Waals surface area contributed by atoms with Gasteiger partial charge in [-0.1, -0.05) is 32.1 Å². The van der Waals surface area contributed by atoms with Crippen LogP contribution in [-0.2, 0) is 0 Å². The summed E-state index contributed by atoms with van der Waals surface area (Å²) in [5.74, 6) is 0. The fourth-order valence-corrected chi connectivity index (χ4v) is 1.13. The van der Waals surface area contributed by atoms with Crippen LogP contribution in [0.15, 0.2) is 23.8 Å². The Bertz CT molecular complexity index is 165. The third-order valence-electron chi connectivity index (χ3n) is 1.72. The first-order chi connectivity index (χ1) is 6.43. The number of nitrogens with one attached hydrogen (secondary N) is 1. The van der Waals surface area contributed by atoms with Crippen molar-refractivity contribution in [1.29, 1.82) is 0 Å². The lowest BCUT2D eigenvalue weighted by Gasteiger charge is -2.07. The van der Waals surface area contributed by atoms with Crippen LogP contribution in [-0.4, -0.2) is 19.6 Å². The molecule has 0 unspecified atom stereocenters. The molecule has 0 bridgehead atoms. The van der Waals surface area contributed by atoms with Gasteiger partial charge in [0.1, 0.15) is 0 Å². The maximum absolute atomic E-state index is 5.34. The molecule has 1 rings (SSSR count). The first-order valence-corrected chi connectivity index (χ1v) is 5.20. The highest BCUT2D eigenvalue weighted by molar-refractivity contribution is 5.23. The molecule has 0 saturated heterocycles. The zero-order valence-corrected chi connectivity index (χ0v) is 8.84. The van der Waals surface area contributed by atoms with E-state index in [1.54, 1.807) is 0 Å². The normalized spacial score (nSPS) is 14.5. The first kappa shape index (κ1) is 12.4. The van der Waals surface area contributed by atoms with Crippen LogP contribution in [0.5, 0.6) is 0 Å². The van der Waals surface area contributed by atoms with Crippen molar-refractivity contribution in [3.05, 3.63) is 23.8 Å². The minimum atomic E-state index is 0. The maximum atomic E-state index is 5.34. The molecule has 3 N–H and O–H groups in total. The van der Waals surface area contributed by atoms with Gasteiger partial charge in [0, 0.05) is 21.1 Å².